The van der Waals surface area contributed by atoms with Crippen molar-refractivity contribution < 1.29 is 40.3 Å². The van der Waals surface area contributed by atoms with Gasteiger partial charge in [-0.15, -0.1) is 10.2 Å². The number of amides is 2. The fraction of sp³-hybridized carbons (Fsp3) is 0.565. The molecular formula is C23H18Cl2F6N4O3. The smallest absolute Gasteiger partial charge is 0.349 e. The quantitative estimate of drug-likeness (QED) is 0.482. The molecule has 7 nitrogen and oxygen atoms in total. The number of carbonyl (C=O) groups excluding carboxylic acids is 2. The highest BCUT2D eigenvalue weighted by Crippen LogP contribution is 2.56. The Balaban J connectivity index is 1.26. The fourth-order valence-corrected chi connectivity index (χ4v) is 5.69. The van der Waals surface area contributed by atoms with Crippen molar-refractivity contribution in [1.29, 1.82) is 0 Å². The summed E-state index contributed by atoms with van der Waals surface area (Å²) in [6, 6.07) is 3.16. The third-order valence-corrected chi connectivity index (χ3v) is 8.56. The number of halogens is 8. The topological polar surface area (TPSA) is 79.5 Å². The Hall–Kier alpha value is -2.54. The van der Waals surface area contributed by atoms with Crippen LogP contribution < -0.4 is 0 Å². The molecule has 0 bridgehead atoms. The first-order valence-corrected chi connectivity index (χ1v) is 12.4. The summed E-state index contributed by atoms with van der Waals surface area (Å²) in [5.41, 5.74) is -1.57. The molecule has 1 aromatic heterocycles. The molecule has 2 amide bonds. The second-order valence-electron chi connectivity index (χ2n) is 10.5. The van der Waals surface area contributed by atoms with Gasteiger partial charge in [-0.05, 0) is 12.1 Å². The first-order valence-electron chi connectivity index (χ1n) is 11.7. The number of rotatable bonds is 5. The van der Waals surface area contributed by atoms with Crippen LogP contribution in [0.25, 0.3) is 0 Å². The largest absolute Gasteiger partial charge is 0.419 e. The van der Waals surface area contributed by atoms with E-state index in [1.54, 1.807) is 0 Å². The molecule has 3 heterocycles. The van der Waals surface area contributed by atoms with Crippen LogP contribution in [0.5, 0.6) is 0 Å². The monoisotopic (exact) mass is 582 g/mol. The fourth-order valence-electron chi connectivity index (χ4n) is 5.39. The molecule has 0 N–H and O–H groups in total. The van der Waals surface area contributed by atoms with Gasteiger partial charge in [0, 0.05) is 50.0 Å². The summed E-state index contributed by atoms with van der Waals surface area (Å²) in [4.78, 5) is 27.5. The molecule has 2 saturated heterocycles. The van der Waals surface area contributed by atoms with Gasteiger partial charge in [-0.2, -0.15) is 8.78 Å². The highest BCUT2D eigenvalue weighted by Gasteiger charge is 2.68. The molecule has 1 spiro atoms. The van der Waals surface area contributed by atoms with E-state index < -0.39 is 77.0 Å². The van der Waals surface area contributed by atoms with E-state index in [0.29, 0.717) is 0 Å². The molecule has 0 radical (unpaired) electrons. The highest BCUT2D eigenvalue weighted by molar-refractivity contribution is 6.42. The summed E-state index contributed by atoms with van der Waals surface area (Å²) < 4.78 is 89.7. The lowest BCUT2D eigenvalue weighted by Crippen LogP contribution is -2.62. The molecule has 15 heteroatoms. The highest BCUT2D eigenvalue weighted by atomic mass is 35.5. The van der Waals surface area contributed by atoms with Gasteiger partial charge in [-0.3, -0.25) is 9.59 Å². The number of likely N-dealkylation sites (tertiary alicyclic amines) is 2. The van der Waals surface area contributed by atoms with Gasteiger partial charge in [-0.1, -0.05) is 29.3 Å². The third-order valence-electron chi connectivity index (χ3n) is 7.82. The van der Waals surface area contributed by atoms with Crippen molar-refractivity contribution in [2.24, 2.45) is 17.3 Å². The molecule has 38 heavy (non-hydrogen) atoms. The van der Waals surface area contributed by atoms with Gasteiger partial charge in [0.15, 0.2) is 0 Å². The summed E-state index contributed by atoms with van der Waals surface area (Å²) >= 11 is 11.7. The van der Waals surface area contributed by atoms with E-state index in [0.717, 1.165) is 12.1 Å². The Kier molecular flexibility index (Phi) is 5.41. The van der Waals surface area contributed by atoms with Crippen LogP contribution in [0.15, 0.2) is 22.6 Å². The van der Waals surface area contributed by atoms with E-state index in [2.05, 4.69) is 10.2 Å². The Morgan fingerprint density at radius 3 is 2.03 bits per heavy atom. The number of carbonyl (C=O) groups is 2. The molecule has 1 unspecified atom stereocenters. The van der Waals surface area contributed by atoms with Crippen molar-refractivity contribution in [2.75, 3.05) is 26.2 Å². The normalized spacial score (nSPS) is 28.4. The number of hydrogen-bond acceptors (Lipinski definition) is 5. The average Bonchev–Trinajstić information content (AvgIpc) is 3.43. The van der Waals surface area contributed by atoms with Crippen molar-refractivity contribution in [3.63, 3.8) is 0 Å². The summed E-state index contributed by atoms with van der Waals surface area (Å²) in [6.45, 7) is -0.453. The second-order valence-corrected chi connectivity index (χ2v) is 11.3. The SMILES string of the molecule is O=C([C@H]1CC1(F)F)N1CC(c2nnc(C(F)(F)c3ccc(Cl)c(Cl)c3)o2)C2(C1)CN(C(=O)[C@H]1CC1(F)F)C2. The lowest BCUT2D eigenvalue weighted by molar-refractivity contribution is -0.148. The Labute approximate surface area is 221 Å². The zero-order valence-corrected chi connectivity index (χ0v) is 20.8. The van der Waals surface area contributed by atoms with Gasteiger partial charge < -0.3 is 14.2 Å². The molecule has 2 aliphatic carbocycles. The van der Waals surface area contributed by atoms with Gasteiger partial charge >= 0.3 is 5.92 Å². The predicted molar refractivity (Wildman–Crippen MR) is 118 cm³/mol. The third kappa shape index (κ3) is 3.95. The van der Waals surface area contributed by atoms with Crippen molar-refractivity contribution in [3.8, 4) is 0 Å². The number of alkyl halides is 6. The van der Waals surface area contributed by atoms with Crippen LogP contribution in [0.4, 0.5) is 26.3 Å². The number of hydrogen-bond donors (Lipinski definition) is 0. The minimum atomic E-state index is -3.77. The molecule has 4 fully saturated rings. The number of benzene rings is 1. The molecular weight excluding hydrogens is 565 g/mol. The summed E-state index contributed by atoms with van der Waals surface area (Å²) in [7, 11) is 0. The van der Waals surface area contributed by atoms with Gasteiger partial charge in [-0.25, -0.2) is 17.6 Å². The number of aromatic nitrogens is 2. The maximum Gasteiger partial charge on any atom is 0.349 e. The summed E-state index contributed by atoms with van der Waals surface area (Å²) in [5, 5.41) is 7.20. The van der Waals surface area contributed by atoms with Crippen molar-refractivity contribution in [1.82, 2.24) is 20.0 Å². The first-order chi connectivity index (χ1) is 17.6. The Morgan fingerprint density at radius 1 is 0.921 bits per heavy atom. The molecule has 204 valence electrons. The maximum absolute atomic E-state index is 15.2. The molecule has 6 rings (SSSR count). The lowest BCUT2D eigenvalue weighted by atomic mass is 9.71. The summed E-state index contributed by atoms with van der Waals surface area (Å²) in [6.07, 6.45) is -1.15. The first kappa shape index (κ1) is 25.7. The number of nitrogens with zero attached hydrogens (tertiary/aromatic N) is 4. The molecule has 2 saturated carbocycles. The Morgan fingerprint density at radius 2 is 1.47 bits per heavy atom. The Bertz CT molecular complexity index is 1350. The van der Waals surface area contributed by atoms with Crippen LogP contribution in [0.2, 0.25) is 10.0 Å². The van der Waals surface area contributed by atoms with Crippen LogP contribution in [0.3, 0.4) is 0 Å². The summed E-state index contributed by atoms with van der Waals surface area (Å²) in [5.74, 6) is -16.7. The zero-order valence-electron chi connectivity index (χ0n) is 19.2. The molecule has 2 aliphatic heterocycles. The molecule has 4 aliphatic rings. The van der Waals surface area contributed by atoms with E-state index in [1.807, 2.05) is 0 Å². The van der Waals surface area contributed by atoms with E-state index in [1.165, 1.54) is 15.9 Å². The van der Waals surface area contributed by atoms with Gasteiger partial charge in [0.1, 0.15) is 11.8 Å². The van der Waals surface area contributed by atoms with Crippen molar-refractivity contribution >= 4 is 35.0 Å². The maximum atomic E-state index is 15.2. The molecule has 2 aromatic rings. The average molecular weight is 583 g/mol. The standard InChI is InChI=1S/C23H18Cl2F6N4O3/c24-14-2-1-10(3-15(14)25)23(30,31)19-33-32-16(38-19)13-6-34(17(36)11-4-21(11,26)27)7-20(13)8-35(9-20)18(37)12-5-22(12,28)29/h1-3,11-13H,4-9H2/t11-,12-,13?/m1/s1. The molecule has 3 atom stereocenters. The lowest BCUT2D eigenvalue weighted by Gasteiger charge is -2.50. The van der Waals surface area contributed by atoms with Gasteiger partial charge in [0.25, 0.3) is 17.7 Å². The van der Waals surface area contributed by atoms with Gasteiger partial charge in [0.2, 0.25) is 17.7 Å². The second kappa shape index (κ2) is 8.00. The van der Waals surface area contributed by atoms with Crippen molar-refractivity contribution in [2.45, 2.75) is 36.5 Å². The van der Waals surface area contributed by atoms with Crippen LogP contribution in [-0.2, 0) is 15.5 Å². The minimum Gasteiger partial charge on any atom is -0.419 e. The van der Waals surface area contributed by atoms with Crippen LogP contribution in [0, 0.1) is 17.3 Å². The molecule has 1 aromatic carbocycles. The van der Waals surface area contributed by atoms with Crippen LogP contribution >= 0.6 is 23.2 Å². The van der Waals surface area contributed by atoms with Crippen LogP contribution in [0.1, 0.15) is 36.1 Å². The predicted octanol–water partition coefficient (Wildman–Crippen LogP) is 4.58. The van der Waals surface area contributed by atoms with E-state index >= 15 is 8.78 Å². The van der Waals surface area contributed by atoms with E-state index in [4.69, 9.17) is 27.6 Å². The van der Waals surface area contributed by atoms with E-state index in [-0.39, 0.29) is 42.1 Å². The van der Waals surface area contributed by atoms with E-state index in [9.17, 15) is 27.2 Å². The van der Waals surface area contributed by atoms with Gasteiger partial charge in [0.05, 0.1) is 16.0 Å². The zero-order chi connectivity index (χ0) is 27.4. The minimum absolute atomic E-state index is 0.0596. The van der Waals surface area contributed by atoms with Crippen molar-refractivity contribution in [3.05, 3.63) is 45.6 Å². The van der Waals surface area contributed by atoms with Crippen LogP contribution in [-0.4, -0.2) is 69.8 Å².